The summed E-state index contributed by atoms with van der Waals surface area (Å²) in [7, 11) is 0. The molecule has 0 aliphatic carbocycles. The van der Waals surface area contributed by atoms with E-state index < -0.39 is 17.8 Å². The topological polar surface area (TPSA) is 50.7 Å². The molecule has 104 valence electrons. The molecule has 1 aromatic rings. The molecular formula is C12H13F3N2O2. The summed E-state index contributed by atoms with van der Waals surface area (Å²) in [6, 6.07) is 4.68. The second-order valence-corrected chi connectivity index (χ2v) is 3.61. The number of alkyl halides is 3. The van der Waals surface area contributed by atoms with Gasteiger partial charge in [0.2, 0.25) is 0 Å². The van der Waals surface area contributed by atoms with Crippen molar-refractivity contribution in [2.24, 2.45) is 5.10 Å². The fraction of sp³-hybridized carbons (Fsp3) is 0.333. The van der Waals surface area contributed by atoms with Gasteiger partial charge < -0.3 is 4.74 Å². The number of halogens is 3. The third-order valence-electron chi connectivity index (χ3n) is 2.20. The number of benzene rings is 1. The number of carbonyl (C=O) groups excluding carboxylic acids is 1. The Morgan fingerprint density at radius 3 is 2.68 bits per heavy atom. The van der Waals surface area contributed by atoms with Crippen LogP contribution < -0.4 is 5.43 Å². The highest BCUT2D eigenvalue weighted by Gasteiger charge is 2.30. The van der Waals surface area contributed by atoms with Gasteiger partial charge in [-0.3, -0.25) is 0 Å². The van der Waals surface area contributed by atoms with Gasteiger partial charge in [-0.15, -0.1) is 0 Å². The molecule has 1 N–H and O–H groups in total. The summed E-state index contributed by atoms with van der Waals surface area (Å²) in [6.07, 6.45) is -5.17. The average molecular weight is 274 g/mol. The van der Waals surface area contributed by atoms with E-state index in [1.807, 2.05) is 0 Å². The van der Waals surface area contributed by atoms with Crippen LogP contribution in [0.15, 0.2) is 29.4 Å². The average Bonchev–Trinajstić information content (AvgIpc) is 2.35. The predicted molar refractivity (Wildman–Crippen MR) is 63.8 cm³/mol. The highest BCUT2D eigenvalue weighted by atomic mass is 19.4. The van der Waals surface area contributed by atoms with E-state index >= 15 is 0 Å². The summed E-state index contributed by atoms with van der Waals surface area (Å²) in [5.41, 5.74) is 1.84. The van der Waals surface area contributed by atoms with Crippen LogP contribution in [0, 0.1) is 0 Å². The molecular weight excluding hydrogens is 261 g/mol. The van der Waals surface area contributed by atoms with E-state index in [9.17, 15) is 18.0 Å². The molecule has 0 aliphatic heterocycles. The molecule has 4 nitrogen and oxygen atoms in total. The summed E-state index contributed by atoms with van der Waals surface area (Å²) < 4.78 is 42.1. The van der Waals surface area contributed by atoms with Crippen LogP contribution in [0.2, 0.25) is 0 Å². The minimum atomic E-state index is -4.41. The largest absolute Gasteiger partial charge is 0.449 e. The number of hydrogen-bond donors (Lipinski definition) is 1. The maximum absolute atomic E-state index is 12.5. The normalized spacial score (nSPS) is 12.2. The number of carbonyl (C=O) groups is 1. The molecule has 0 bridgehead atoms. The van der Waals surface area contributed by atoms with Crippen LogP contribution in [0.4, 0.5) is 18.0 Å². The molecule has 0 radical (unpaired) electrons. The van der Waals surface area contributed by atoms with E-state index in [1.165, 1.54) is 19.1 Å². The van der Waals surface area contributed by atoms with Crippen molar-refractivity contribution in [3.8, 4) is 0 Å². The molecule has 0 aliphatic rings. The minimum absolute atomic E-state index is 0.184. The van der Waals surface area contributed by atoms with Crippen LogP contribution in [-0.2, 0) is 10.9 Å². The van der Waals surface area contributed by atoms with Crippen LogP contribution in [0.25, 0.3) is 0 Å². The Morgan fingerprint density at radius 1 is 1.42 bits per heavy atom. The van der Waals surface area contributed by atoms with Gasteiger partial charge in [-0.2, -0.15) is 18.3 Å². The van der Waals surface area contributed by atoms with E-state index in [0.29, 0.717) is 0 Å². The van der Waals surface area contributed by atoms with Gasteiger partial charge in [0.15, 0.2) is 0 Å². The number of hydrazone groups is 1. The molecule has 0 heterocycles. The van der Waals surface area contributed by atoms with Gasteiger partial charge in [0, 0.05) is 0 Å². The lowest BCUT2D eigenvalue weighted by molar-refractivity contribution is -0.137. The van der Waals surface area contributed by atoms with E-state index in [4.69, 9.17) is 0 Å². The first-order valence-electron chi connectivity index (χ1n) is 5.49. The molecule has 0 unspecified atom stereocenters. The number of hydrogen-bond acceptors (Lipinski definition) is 3. The highest BCUT2D eigenvalue weighted by Crippen LogP contribution is 2.29. The molecule has 1 aromatic carbocycles. The summed E-state index contributed by atoms with van der Waals surface area (Å²) in [6.45, 7) is 3.30. The van der Waals surface area contributed by atoms with Gasteiger partial charge in [0.25, 0.3) is 0 Å². The molecule has 0 spiro atoms. The third kappa shape index (κ3) is 4.61. The summed E-state index contributed by atoms with van der Waals surface area (Å²) in [5.74, 6) is 0. The van der Waals surface area contributed by atoms with Crippen molar-refractivity contribution < 1.29 is 22.7 Å². The zero-order chi connectivity index (χ0) is 14.5. The third-order valence-corrected chi connectivity index (χ3v) is 2.20. The fourth-order valence-electron chi connectivity index (χ4n) is 1.28. The Balaban J connectivity index is 2.85. The van der Waals surface area contributed by atoms with Gasteiger partial charge in [-0.05, 0) is 31.5 Å². The number of ether oxygens (including phenoxy) is 1. The van der Waals surface area contributed by atoms with Crippen LogP contribution in [0.3, 0.4) is 0 Å². The SMILES string of the molecule is CCOC(=O)NN=C(C)c1cccc(C(F)(F)F)c1. The zero-order valence-electron chi connectivity index (χ0n) is 10.4. The lowest BCUT2D eigenvalue weighted by Crippen LogP contribution is -2.20. The van der Waals surface area contributed by atoms with Gasteiger partial charge in [0.1, 0.15) is 0 Å². The number of nitrogens with zero attached hydrogens (tertiary/aromatic N) is 1. The van der Waals surface area contributed by atoms with Gasteiger partial charge in [-0.25, -0.2) is 10.2 Å². The minimum Gasteiger partial charge on any atom is -0.449 e. The van der Waals surface area contributed by atoms with Crippen molar-refractivity contribution in [2.45, 2.75) is 20.0 Å². The fourth-order valence-corrected chi connectivity index (χ4v) is 1.28. The van der Waals surface area contributed by atoms with E-state index in [-0.39, 0.29) is 17.9 Å². The first-order valence-corrected chi connectivity index (χ1v) is 5.49. The molecule has 0 fully saturated rings. The van der Waals surface area contributed by atoms with Crippen molar-refractivity contribution >= 4 is 11.8 Å². The maximum atomic E-state index is 12.5. The summed E-state index contributed by atoms with van der Waals surface area (Å²) in [5, 5.41) is 3.66. The maximum Gasteiger partial charge on any atom is 0.427 e. The Kier molecular flexibility index (Phi) is 4.91. The lowest BCUT2D eigenvalue weighted by Gasteiger charge is -2.08. The Morgan fingerprint density at radius 2 is 2.11 bits per heavy atom. The molecule has 7 heteroatoms. The zero-order valence-corrected chi connectivity index (χ0v) is 10.4. The first-order chi connectivity index (χ1) is 8.84. The second kappa shape index (κ2) is 6.21. The number of amides is 1. The Bertz CT molecular complexity index is 484. The molecule has 1 amide bonds. The summed E-state index contributed by atoms with van der Waals surface area (Å²) >= 11 is 0. The Hall–Kier alpha value is -2.05. The predicted octanol–water partition coefficient (Wildman–Crippen LogP) is 3.18. The first kappa shape index (κ1) is 15.0. The monoisotopic (exact) mass is 274 g/mol. The number of rotatable bonds is 3. The highest BCUT2D eigenvalue weighted by molar-refractivity contribution is 5.99. The van der Waals surface area contributed by atoms with Crippen LogP contribution in [0.5, 0.6) is 0 Å². The number of nitrogens with one attached hydrogen (secondary N) is 1. The molecule has 0 atom stereocenters. The van der Waals surface area contributed by atoms with Crippen molar-refractivity contribution in [3.63, 3.8) is 0 Å². The van der Waals surface area contributed by atoms with Crippen molar-refractivity contribution in [2.75, 3.05) is 6.61 Å². The van der Waals surface area contributed by atoms with Crippen molar-refractivity contribution in [3.05, 3.63) is 35.4 Å². The van der Waals surface area contributed by atoms with Crippen LogP contribution >= 0.6 is 0 Å². The standard InChI is InChI=1S/C12H13F3N2O2/c1-3-19-11(18)17-16-8(2)9-5-4-6-10(7-9)12(13,14)15/h4-7H,3H2,1-2H3,(H,17,18). The molecule has 0 aromatic heterocycles. The van der Waals surface area contributed by atoms with Crippen LogP contribution in [-0.4, -0.2) is 18.4 Å². The van der Waals surface area contributed by atoms with Gasteiger partial charge in [-0.1, -0.05) is 12.1 Å². The summed E-state index contributed by atoms with van der Waals surface area (Å²) in [4.78, 5) is 11.0. The molecule has 1 rings (SSSR count). The quantitative estimate of drug-likeness (QED) is 0.680. The van der Waals surface area contributed by atoms with E-state index in [0.717, 1.165) is 12.1 Å². The lowest BCUT2D eigenvalue weighted by atomic mass is 10.1. The van der Waals surface area contributed by atoms with Crippen molar-refractivity contribution in [1.29, 1.82) is 0 Å². The van der Waals surface area contributed by atoms with Crippen LogP contribution in [0.1, 0.15) is 25.0 Å². The van der Waals surface area contributed by atoms with Gasteiger partial charge >= 0.3 is 12.3 Å². The Labute approximate surface area is 108 Å². The van der Waals surface area contributed by atoms with Crippen molar-refractivity contribution in [1.82, 2.24) is 5.43 Å². The molecule has 19 heavy (non-hydrogen) atoms. The smallest absolute Gasteiger partial charge is 0.427 e. The van der Waals surface area contributed by atoms with E-state index in [2.05, 4.69) is 15.3 Å². The second-order valence-electron chi connectivity index (χ2n) is 3.61. The van der Waals surface area contributed by atoms with Gasteiger partial charge in [0.05, 0.1) is 17.9 Å². The molecule has 0 saturated carbocycles. The molecule has 0 saturated heterocycles. The van der Waals surface area contributed by atoms with E-state index in [1.54, 1.807) is 6.92 Å².